The molecule has 1 aliphatic carbocycles. The smallest absolute Gasteiger partial charge is 0.181 e. The molecule has 0 N–H and O–H groups in total. The van der Waals surface area contributed by atoms with Crippen LogP contribution in [0.2, 0.25) is 5.02 Å². The number of sulfone groups is 1. The highest BCUT2D eigenvalue weighted by molar-refractivity contribution is 7.91. The number of halogens is 1. The number of likely N-dealkylation sites (tertiary alicyclic amines) is 1. The summed E-state index contributed by atoms with van der Waals surface area (Å²) in [6.45, 7) is 2.51. The van der Waals surface area contributed by atoms with Crippen LogP contribution in [0.4, 0.5) is 0 Å². The van der Waals surface area contributed by atoms with Crippen LogP contribution in [0.3, 0.4) is 0 Å². The van der Waals surface area contributed by atoms with Crippen molar-refractivity contribution >= 4 is 21.4 Å². The number of hydrogen-bond acceptors (Lipinski definition) is 5. The van der Waals surface area contributed by atoms with Gasteiger partial charge in [0.2, 0.25) is 0 Å². The van der Waals surface area contributed by atoms with Crippen molar-refractivity contribution in [2.24, 2.45) is 5.92 Å². The normalized spacial score (nSPS) is 20.7. The first-order valence-corrected chi connectivity index (χ1v) is 11.3. The minimum absolute atomic E-state index is 0.114. The molecule has 4 rings (SSSR count). The molecule has 1 atom stereocenters. The lowest BCUT2D eigenvalue weighted by molar-refractivity contribution is 0.302. The minimum atomic E-state index is -3.42. The van der Waals surface area contributed by atoms with Gasteiger partial charge in [-0.25, -0.2) is 8.42 Å². The van der Waals surface area contributed by atoms with E-state index < -0.39 is 9.84 Å². The van der Waals surface area contributed by atoms with E-state index in [9.17, 15) is 8.42 Å². The molecule has 1 saturated heterocycles. The largest absolute Gasteiger partial charge is 0.490 e. The Morgan fingerprint density at radius 1 is 1.15 bits per heavy atom. The Hall–Kier alpha value is -1.63. The molecular weight excluding hydrogens is 384 g/mol. The molecule has 0 unspecified atom stereocenters. The SMILES string of the molecule is O=S(=O)(C[C@@H]1CCN(Cc2ccc(OC3CC3)cc2)C1)c1cnccc1Cl. The maximum atomic E-state index is 12.6. The van der Waals surface area contributed by atoms with Crippen LogP contribution in [0.15, 0.2) is 47.6 Å². The third kappa shape index (κ3) is 4.81. The highest BCUT2D eigenvalue weighted by Crippen LogP contribution is 2.28. The minimum Gasteiger partial charge on any atom is -0.490 e. The third-order valence-electron chi connectivity index (χ3n) is 5.05. The molecule has 7 heteroatoms. The monoisotopic (exact) mass is 406 g/mol. The second-order valence-corrected chi connectivity index (χ2v) is 9.85. The van der Waals surface area contributed by atoms with Crippen LogP contribution in [-0.4, -0.2) is 43.2 Å². The van der Waals surface area contributed by atoms with Gasteiger partial charge < -0.3 is 4.74 Å². The lowest BCUT2D eigenvalue weighted by Crippen LogP contribution is -2.23. The van der Waals surface area contributed by atoms with E-state index >= 15 is 0 Å². The fraction of sp³-hybridized carbons (Fsp3) is 0.450. The Kier molecular flexibility index (Phi) is 5.39. The zero-order valence-electron chi connectivity index (χ0n) is 15.1. The van der Waals surface area contributed by atoms with Gasteiger partial charge in [-0.05, 0) is 55.5 Å². The maximum Gasteiger partial charge on any atom is 0.181 e. The van der Waals surface area contributed by atoms with Gasteiger partial charge in [-0.2, -0.15) is 0 Å². The quantitative estimate of drug-likeness (QED) is 0.703. The number of ether oxygens (including phenoxy) is 1. The van der Waals surface area contributed by atoms with Gasteiger partial charge in [-0.1, -0.05) is 23.7 Å². The fourth-order valence-electron chi connectivity index (χ4n) is 3.49. The van der Waals surface area contributed by atoms with E-state index in [2.05, 4.69) is 22.0 Å². The van der Waals surface area contributed by atoms with E-state index in [4.69, 9.17) is 16.3 Å². The summed E-state index contributed by atoms with van der Waals surface area (Å²) in [6, 6.07) is 9.76. The molecule has 2 heterocycles. The maximum absolute atomic E-state index is 12.6. The first-order chi connectivity index (χ1) is 13.0. The summed E-state index contributed by atoms with van der Waals surface area (Å²) in [5, 5.41) is 0.244. The number of aromatic nitrogens is 1. The Bertz CT molecular complexity index is 898. The highest BCUT2D eigenvalue weighted by Gasteiger charge is 2.29. The van der Waals surface area contributed by atoms with Crippen molar-refractivity contribution in [1.82, 2.24) is 9.88 Å². The molecule has 2 fully saturated rings. The molecule has 0 radical (unpaired) electrons. The number of rotatable bonds is 7. The molecule has 1 aliphatic heterocycles. The van der Waals surface area contributed by atoms with Gasteiger partial charge in [-0.3, -0.25) is 9.88 Å². The summed E-state index contributed by atoms with van der Waals surface area (Å²) in [7, 11) is -3.42. The van der Waals surface area contributed by atoms with E-state index in [1.165, 1.54) is 24.0 Å². The van der Waals surface area contributed by atoms with Crippen LogP contribution in [0, 0.1) is 5.92 Å². The van der Waals surface area contributed by atoms with Gasteiger partial charge in [0.1, 0.15) is 10.6 Å². The van der Waals surface area contributed by atoms with Gasteiger partial charge in [0.15, 0.2) is 9.84 Å². The molecule has 0 amide bonds. The van der Waals surface area contributed by atoms with Crippen LogP contribution >= 0.6 is 11.6 Å². The first kappa shape index (κ1) is 18.7. The summed E-state index contributed by atoms with van der Waals surface area (Å²) in [5.74, 6) is 1.16. The van der Waals surface area contributed by atoms with Gasteiger partial charge >= 0.3 is 0 Å². The molecular formula is C20H23ClN2O3S. The molecule has 5 nitrogen and oxygen atoms in total. The average Bonchev–Trinajstić information content (AvgIpc) is 3.35. The highest BCUT2D eigenvalue weighted by atomic mass is 35.5. The van der Waals surface area contributed by atoms with Crippen molar-refractivity contribution in [3.8, 4) is 5.75 Å². The number of hydrogen-bond donors (Lipinski definition) is 0. The topological polar surface area (TPSA) is 59.5 Å². The Morgan fingerprint density at radius 2 is 1.93 bits per heavy atom. The van der Waals surface area contributed by atoms with Crippen molar-refractivity contribution in [3.63, 3.8) is 0 Å². The van der Waals surface area contributed by atoms with Gasteiger partial charge in [0.25, 0.3) is 0 Å². The van der Waals surface area contributed by atoms with Crippen LogP contribution in [-0.2, 0) is 16.4 Å². The Labute approximate surface area is 165 Å². The zero-order chi connectivity index (χ0) is 18.9. The molecule has 27 heavy (non-hydrogen) atoms. The van der Waals surface area contributed by atoms with Crippen molar-refractivity contribution in [2.75, 3.05) is 18.8 Å². The lowest BCUT2D eigenvalue weighted by Gasteiger charge is -2.17. The Balaban J connectivity index is 1.32. The second kappa shape index (κ2) is 7.78. The average molecular weight is 407 g/mol. The number of pyridine rings is 1. The van der Waals surface area contributed by atoms with Crippen LogP contribution in [0.1, 0.15) is 24.8 Å². The predicted octanol–water partition coefficient (Wildman–Crippen LogP) is 3.57. The predicted molar refractivity (Wildman–Crippen MR) is 105 cm³/mol. The van der Waals surface area contributed by atoms with Crippen LogP contribution in [0.25, 0.3) is 0 Å². The molecule has 1 aromatic carbocycles. The van der Waals surface area contributed by atoms with Crippen molar-refractivity contribution in [1.29, 1.82) is 0 Å². The van der Waals surface area contributed by atoms with Crippen LogP contribution in [0.5, 0.6) is 5.75 Å². The summed E-state index contributed by atoms with van der Waals surface area (Å²) in [6.07, 6.45) is 6.44. The molecule has 1 aromatic heterocycles. The van der Waals surface area contributed by atoms with E-state index in [1.54, 1.807) is 0 Å². The zero-order valence-corrected chi connectivity index (χ0v) is 16.6. The second-order valence-electron chi connectivity index (χ2n) is 7.44. The summed E-state index contributed by atoms with van der Waals surface area (Å²) in [4.78, 5) is 6.34. The number of benzene rings is 1. The van der Waals surface area contributed by atoms with E-state index in [0.29, 0.717) is 6.10 Å². The molecule has 0 spiro atoms. The van der Waals surface area contributed by atoms with E-state index in [0.717, 1.165) is 44.6 Å². The molecule has 1 saturated carbocycles. The van der Waals surface area contributed by atoms with Crippen molar-refractivity contribution in [2.45, 2.75) is 36.8 Å². The number of nitrogens with zero attached hydrogens (tertiary/aromatic N) is 2. The fourth-order valence-corrected chi connectivity index (χ4v) is 5.61. The summed E-state index contributed by atoms with van der Waals surface area (Å²) >= 11 is 6.04. The Morgan fingerprint density at radius 3 is 2.63 bits per heavy atom. The third-order valence-corrected chi connectivity index (χ3v) is 7.40. The van der Waals surface area contributed by atoms with Crippen LogP contribution < -0.4 is 4.74 Å². The van der Waals surface area contributed by atoms with Gasteiger partial charge in [-0.15, -0.1) is 0 Å². The standard InChI is InChI=1S/C20H23ClN2O3S/c21-19-7-9-22-11-20(19)27(24,25)14-16-8-10-23(13-16)12-15-1-3-17(4-2-15)26-18-5-6-18/h1-4,7,9,11,16,18H,5-6,8,10,12-14H2/t16-/m1/s1. The van der Waals surface area contributed by atoms with Crippen molar-refractivity contribution < 1.29 is 13.2 Å². The van der Waals surface area contributed by atoms with Gasteiger partial charge in [0.05, 0.1) is 16.9 Å². The summed E-state index contributed by atoms with van der Waals surface area (Å²) < 4.78 is 31.1. The lowest BCUT2D eigenvalue weighted by atomic mass is 10.1. The van der Waals surface area contributed by atoms with E-state index in [1.807, 2.05) is 12.1 Å². The molecule has 0 bridgehead atoms. The summed E-state index contributed by atoms with van der Waals surface area (Å²) in [5.41, 5.74) is 1.22. The first-order valence-electron chi connectivity index (χ1n) is 9.30. The molecule has 2 aliphatic rings. The van der Waals surface area contributed by atoms with Gasteiger partial charge in [0, 0.05) is 25.5 Å². The van der Waals surface area contributed by atoms with Crippen molar-refractivity contribution in [3.05, 3.63) is 53.3 Å². The molecule has 2 aromatic rings. The van der Waals surface area contributed by atoms with E-state index in [-0.39, 0.29) is 21.6 Å². The molecule has 144 valence electrons.